The van der Waals surface area contributed by atoms with Gasteiger partial charge in [-0.25, -0.2) is 8.78 Å². The Morgan fingerprint density at radius 2 is 1.95 bits per heavy atom. The Kier molecular flexibility index (Phi) is 3.85. The number of halogens is 2. The maximum atomic E-state index is 13.1. The number of nitrogens with zero attached hydrogens (tertiary/aromatic N) is 2. The molecule has 0 bridgehead atoms. The first-order chi connectivity index (χ1) is 9.52. The van der Waals surface area contributed by atoms with Gasteiger partial charge < -0.3 is 10.6 Å². The molecule has 0 aliphatic carbocycles. The molecule has 0 unspecified atom stereocenters. The number of benzene rings is 2. The summed E-state index contributed by atoms with van der Waals surface area (Å²) >= 11 is 0. The van der Waals surface area contributed by atoms with E-state index < -0.39 is 6.43 Å². The Hall–Kier alpha value is -2.61. The number of hydrogen-bond donors (Lipinski definition) is 1. The van der Waals surface area contributed by atoms with Crippen molar-refractivity contribution in [3.05, 3.63) is 53.6 Å². The van der Waals surface area contributed by atoms with E-state index in [1.807, 2.05) is 6.07 Å². The second kappa shape index (κ2) is 5.57. The molecule has 0 spiro atoms. The van der Waals surface area contributed by atoms with Crippen LogP contribution in [0, 0.1) is 11.3 Å². The summed E-state index contributed by atoms with van der Waals surface area (Å²) in [5.74, 6) is 0. The third kappa shape index (κ3) is 2.69. The summed E-state index contributed by atoms with van der Waals surface area (Å²) < 4.78 is 26.2. The lowest BCUT2D eigenvalue weighted by Crippen LogP contribution is -2.12. The highest BCUT2D eigenvalue weighted by Crippen LogP contribution is 2.34. The third-order valence-corrected chi connectivity index (χ3v) is 3.01. The quantitative estimate of drug-likeness (QED) is 0.864. The molecule has 0 saturated heterocycles. The van der Waals surface area contributed by atoms with Gasteiger partial charge in [0.2, 0.25) is 0 Å². The van der Waals surface area contributed by atoms with Crippen LogP contribution in [-0.4, -0.2) is 7.05 Å². The Morgan fingerprint density at radius 1 is 1.20 bits per heavy atom. The summed E-state index contributed by atoms with van der Waals surface area (Å²) in [6.07, 6.45) is -2.62. The fourth-order valence-corrected chi connectivity index (χ4v) is 1.98. The van der Waals surface area contributed by atoms with Gasteiger partial charge in [0, 0.05) is 29.7 Å². The van der Waals surface area contributed by atoms with Gasteiger partial charge in [-0.2, -0.15) is 5.26 Å². The Labute approximate surface area is 115 Å². The van der Waals surface area contributed by atoms with Gasteiger partial charge in [0.15, 0.2) is 0 Å². The number of hydrogen-bond acceptors (Lipinski definition) is 3. The van der Waals surface area contributed by atoms with Crippen LogP contribution in [0.3, 0.4) is 0 Å². The summed E-state index contributed by atoms with van der Waals surface area (Å²) in [4.78, 5) is 1.61. The van der Waals surface area contributed by atoms with Gasteiger partial charge >= 0.3 is 0 Å². The van der Waals surface area contributed by atoms with Crippen LogP contribution in [0.15, 0.2) is 42.5 Å². The Bertz CT molecular complexity index is 662. The zero-order chi connectivity index (χ0) is 14.7. The van der Waals surface area contributed by atoms with Crippen LogP contribution in [0.25, 0.3) is 0 Å². The highest BCUT2D eigenvalue weighted by molar-refractivity contribution is 5.69. The predicted molar refractivity (Wildman–Crippen MR) is 75.0 cm³/mol. The zero-order valence-electron chi connectivity index (χ0n) is 10.8. The first kappa shape index (κ1) is 13.8. The number of alkyl halides is 2. The van der Waals surface area contributed by atoms with Crippen LogP contribution in [0.5, 0.6) is 0 Å². The summed E-state index contributed by atoms with van der Waals surface area (Å²) in [7, 11) is 1.67. The molecule has 2 aromatic carbocycles. The average Bonchev–Trinajstić information content (AvgIpc) is 2.46. The van der Waals surface area contributed by atoms with Gasteiger partial charge in [-0.1, -0.05) is 6.07 Å². The van der Waals surface area contributed by atoms with E-state index in [9.17, 15) is 8.78 Å². The fraction of sp³-hybridized carbons (Fsp3) is 0.133. The van der Waals surface area contributed by atoms with E-state index in [2.05, 4.69) is 0 Å². The van der Waals surface area contributed by atoms with Crippen molar-refractivity contribution in [1.82, 2.24) is 0 Å². The molecule has 20 heavy (non-hydrogen) atoms. The lowest BCUT2D eigenvalue weighted by atomic mass is 10.1. The minimum atomic E-state index is -2.62. The van der Waals surface area contributed by atoms with E-state index in [0.717, 1.165) is 0 Å². The number of anilines is 3. The van der Waals surface area contributed by atoms with Crippen LogP contribution < -0.4 is 10.6 Å². The molecule has 0 aliphatic heterocycles. The predicted octanol–water partition coefficient (Wildman–Crippen LogP) is 3.85. The SMILES string of the molecule is CN(c1cccc(C#N)c1)c1ccc(N)cc1C(F)F. The first-order valence-corrected chi connectivity index (χ1v) is 5.94. The molecule has 0 atom stereocenters. The van der Waals surface area contributed by atoms with E-state index in [-0.39, 0.29) is 5.56 Å². The molecule has 0 saturated carbocycles. The summed E-state index contributed by atoms with van der Waals surface area (Å²) in [5, 5.41) is 8.89. The largest absolute Gasteiger partial charge is 0.399 e. The van der Waals surface area contributed by atoms with Crippen LogP contribution in [0.2, 0.25) is 0 Å². The van der Waals surface area contributed by atoms with Crippen molar-refractivity contribution in [1.29, 1.82) is 5.26 Å². The fourth-order valence-electron chi connectivity index (χ4n) is 1.98. The number of nitrogen functional groups attached to an aromatic ring is 1. The molecule has 5 heteroatoms. The Morgan fingerprint density at radius 3 is 2.60 bits per heavy atom. The number of nitrogens with two attached hydrogens (primary N) is 1. The van der Waals surface area contributed by atoms with Crippen molar-refractivity contribution in [3.8, 4) is 6.07 Å². The molecule has 0 amide bonds. The zero-order valence-corrected chi connectivity index (χ0v) is 10.8. The molecule has 0 aliphatic rings. The molecule has 0 heterocycles. The molecule has 2 N–H and O–H groups in total. The van der Waals surface area contributed by atoms with Crippen LogP contribution in [0.1, 0.15) is 17.6 Å². The van der Waals surface area contributed by atoms with Crippen LogP contribution >= 0.6 is 0 Å². The third-order valence-electron chi connectivity index (χ3n) is 3.01. The second-order valence-corrected chi connectivity index (χ2v) is 4.34. The van der Waals surface area contributed by atoms with Crippen molar-refractivity contribution < 1.29 is 8.78 Å². The van der Waals surface area contributed by atoms with E-state index in [1.165, 1.54) is 6.07 Å². The topological polar surface area (TPSA) is 53.0 Å². The maximum Gasteiger partial charge on any atom is 0.265 e. The van der Waals surface area contributed by atoms with Crippen LogP contribution in [0.4, 0.5) is 25.8 Å². The second-order valence-electron chi connectivity index (χ2n) is 4.34. The number of rotatable bonds is 3. The average molecular weight is 273 g/mol. The van der Waals surface area contributed by atoms with Crippen molar-refractivity contribution in [2.75, 3.05) is 17.7 Å². The molecular weight excluding hydrogens is 260 g/mol. The highest BCUT2D eigenvalue weighted by atomic mass is 19.3. The lowest BCUT2D eigenvalue weighted by molar-refractivity contribution is 0.152. The van der Waals surface area contributed by atoms with Crippen molar-refractivity contribution in [2.24, 2.45) is 0 Å². The van der Waals surface area contributed by atoms with Crippen molar-refractivity contribution in [2.45, 2.75) is 6.43 Å². The van der Waals surface area contributed by atoms with Gasteiger partial charge in [0.25, 0.3) is 6.43 Å². The van der Waals surface area contributed by atoms with Gasteiger partial charge in [0.1, 0.15) is 0 Å². The number of nitriles is 1. The smallest absolute Gasteiger partial charge is 0.265 e. The molecule has 2 aromatic rings. The molecule has 0 fully saturated rings. The maximum absolute atomic E-state index is 13.1. The summed E-state index contributed by atoms with van der Waals surface area (Å²) in [5.41, 5.74) is 7.22. The highest BCUT2D eigenvalue weighted by Gasteiger charge is 2.17. The minimum absolute atomic E-state index is 0.130. The summed E-state index contributed by atoms with van der Waals surface area (Å²) in [6.45, 7) is 0. The van der Waals surface area contributed by atoms with Crippen molar-refractivity contribution >= 4 is 17.1 Å². The normalized spacial score (nSPS) is 10.3. The standard InChI is InChI=1S/C15H13F2N3/c1-20(12-4-2-3-10(7-12)9-18)14-6-5-11(19)8-13(14)15(16)17/h2-8,15H,19H2,1H3. The Balaban J connectivity index is 2.47. The molecular formula is C15H13F2N3. The van der Waals surface area contributed by atoms with Gasteiger partial charge in [-0.05, 0) is 36.4 Å². The molecule has 0 aromatic heterocycles. The van der Waals surface area contributed by atoms with Gasteiger partial charge in [0.05, 0.1) is 11.6 Å². The van der Waals surface area contributed by atoms with Crippen LogP contribution in [-0.2, 0) is 0 Å². The molecule has 3 nitrogen and oxygen atoms in total. The molecule has 2 rings (SSSR count). The van der Waals surface area contributed by atoms with E-state index in [1.54, 1.807) is 48.3 Å². The van der Waals surface area contributed by atoms with Gasteiger partial charge in [-0.3, -0.25) is 0 Å². The van der Waals surface area contributed by atoms with E-state index in [0.29, 0.717) is 22.6 Å². The van der Waals surface area contributed by atoms with E-state index >= 15 is 0 Å². The van der Waals surface area contributed by atoms with Gasteiger partial charge in [-0.15, -0.1) is 0 Å². The monoisotopic (exact) mass is 273 g/mol. The van der Waals surface area contributed by atoms with Crippen molar-refractivity contribution in [3.63, 3.8) is 0 Å². The first-order valence-electron chi connectivity index (χ1n) is 5.94. The molecule has 102 valence electrons. The lowest BCUT2D eigenvalue weighted by Gasteiger charge is -2.23. The summed E-state index contributed by atoms with van der Waals surface area (Å²) in [6, 6.07) is 13.2. The molecule has 0 radical (unpaired) electrons. The minimum Gasteiger partial charge on any atom is -0.399 e. The van der Waals surface area contributed by atoms with E-state index in [4.69, 9.17) is 11.0 Å².